The van der Waals surface area contributed by atoms with Crippen molar-refractivity contribution in [3.05, 3.63) is 5.82 Å². The molecule has 0 saturated heterocycles. The first-order chi connectivity index (χ1) is 8.81. The Morgan fingerprint density at radius 1 is 1.44 bits per heavy atom. The fraction of sp³-hybridized carbons (Fsp3) is 0.917. The van der Waals surface area contributed by atoms with Gasteiger partial charge in [-0.2, -0.15) is 0 Å². The Morgan fingerprint density at radius 2 is 2.28 bits per heavy atom. The van der Waals surface area contributed by atoms with Crippen molar-refractivity contribution < 1.29 is 4.74 Å². The van der Waals surface area contributed by atoms with Crippen LogP contribution in [0.3, 0.4) is 0 Å². The Kier molecular flexibility index (Phi) is 3.30. The van der Waals surface area contributed by atoms with Gasteiger partial charge in [0.25, 0.3) is 0 Å². The van der Waals surface area contributed by atoms with Crippen molar-refractivity contribution in [2.75, 3.05) is 13.7 Å². The molecule has 100 valence electrons. The minimum absolute atomic E-state index is 0.389. The van der Waals surface area contributed by atoms with Gasteiger partial charge in [-0.25, -0.2) is 4.68 Å². The van der Waals surface area contributed by atoms with E-state index in [0.717, 1.165) is 31.9 Å². The van der Waals surface area contributed by atoms with Crippen molar-refractivity contribution in [2.45, 2.75) is 51.2 Å². The van der Waals surface area contributed by atoms with Crippen LogP contribution in [0, 0.1) is 5.41 Å². The smallest absolute Gasteiger partial charge is 0.165 e. The van der Waals surface area contributed by atoms with Crippen LogP contribution in [0.15, 0.2) is 0 Å². The van der Waals surface area contributed by atoms with Gasteiger partial charge in [0.1, 0.15) is 0 Å². The van der Waals surface area contributed by atoms with Gasteiger partial charge in [-0.3, -0.25) is 0 Å². The molecule has 0 aromatic carbocycles. The summed E-state index contributed by atoms with van der Waals surface area (Å²) >= 11 is 0. The molecule has 1 aromatic heterocycles. The van der Waals surface area contributed by atoms with Crippen LogP contribution in [0.25, 0.3) is 0 Å². The Morgan fingerprint density at radius 3 is 2.94 bits per heavy atom. The number of hydrogen-bond acceptors (Lipinski definition) is 5. The average molecular weight is 251 g/mol. The predicted octanol–water partition coefficient (Wildman–Crippen LogP) is 0.742. The van der Waals surface area contributed by atoms with Gasteiger partial charge in [-0.15, -0.1) is 5.10 Å². The molecule has 0 radical (unpaired) electrons. The zero-order valence-electron chi connectivity index (χ0n) is 10.9. The normalized spacial score (nSPS) is 21.2. The van der Waals surface area contributed by atoms with E-state index in [9.17, 15) is 0 Å². The van der Waals surface area contributed by atoms with Crippen molar-refractivity contribution in [2.24, 2.45) is 5.41 Å². The first-order valence-electron chi connectivity index (χ1n) is 6.79. The molecule has 0 unspecified atom stereocenters. The number of nitrogens with one attached hydrogen (secondary N) is 1. The molecule has 0 spiro atoms. The lowest BCUT2D eigenvalue weighted by Gasteiger charge is -2.15. The minimum Gasteiger partial charge on any atom is -0.385 e. The number of rotatable bonds is 8. The average Bonchev–Trinajstić information content (AvgIpc) is 3.28. The van der Waals surface area contributed by atoms with Crippen LogP contribution in [0.2, 0.25) is 0 Å². The van der Waals surface area contributed by atoms with E-state index in [1.807, 2.05) is 4.68 Å². The Labute approximate surface area is 107 Å². The monoisotopic (exact) mass is 251 g/mol. The number of tetrazole rings is 1. The van der Waals surface area contributed by atoms with E-state index < -0.39 is 0 Å². The first kappa shape index (κ1) is 12.0. The van der Waals surface area contributed by atoms with Crippen LogP contribution in [0.1, 0.15) is 37.9 Å². The van der Waals surface area contributed by atoms with Crippen LogP contribution in [-0.4, -0.2) is 40.0 Å². The van der Waals surface area contributed by atoms with Crippen LogP contribution in [0.5, 0.6) is 0 Å². The fourth-order valence-corrected chi connectivity index (χ4v) is 2.30. The van der Waals surface area contributed by atoms with Gasteiger partial charge in [0.2, 0.25) is 0 Å². The summed E-state index contributed by atoms with van der Waals surface area (Å²) in [5, 5.41) is 15.5. The number of hydrogen-bond donors (Lipinski definition) is 1. The maximum Gasteiger partial charge on any atom is 0.165 e. The van der Waals surface area contributed by atoms with Crippen molar-refractivity contribution in [3.8, 4) is 0 Å². The zero-order valence-corrected chi connectivity index (χ0v) is 10.9. The zero-order chi connectivity index (χ0) is 12.4. The van der Waals surface area contributed by atoms with E-state index in [1.165, 1.54) is 25.7 Å². The molecule has 18 heavy (non-hydrogen) atoms. The van der Waals surface area contributed by atoms with Crippen LogP contribution in [0.4, 0.5) is 0 Å². The molecule has 6 heteroatoms. The molecule has 0 amide bonds. The van der Waals surface area contributed by atoms with Gasteiger partial charge in [-0.1, -0.05) is 0 Å². The largest absolute Gasteiger partial charge is 0.385 e. The Balaban J connectivity index is 1.56. The standard InChI is InChI=1S/C12H21N5O/c1-18-7-6-12(4-5-12)9-17-11(14-15-16-17)8-13-10-2-3-10/h10,13H,2-9H2,1H3. The summed E-state index contributed by atoms with van der Waals surface area (Å²) in [5.41, 5.74) is 0.389. The van der Waals surface area contributed by atoms with E-state index in [1.54, 1.807) is 7.11 Å². The maximum atomic E-state index is 5.18. The highest BCUT2D eigenvalue weighted by Crippen LogP contribution is 2.50. The predicted molar refractivity (Wildman–Crippen MR) is 65.8 cm³/mol. The van der Waals surface area contributed by atoms with Crippen molar-refractivity contribution >= 4 is 0 Å². The summed E-state index contributed by atoms with van der Waals surface area (Å²) < 4.78 is 7.15. The van der Waals surface area contributed by atoms with E-state index in [2.05, 4.69) is 20.8 Å². The van der Waals surface area contributed by atoms with Crippen LogP contribution < -0.4 is 5.32 Å². The Hall–Kier alpha value is -1.01. The molecule has 1 N–H and O–H groups in total. The molecule has 0 bridgehead atoms. The molecule has 2 aliphatic rings. The second kappa shape index (κ2) is 4.93. The van der Waals surface area contributed by atoms with E-state index in [0.29, 0.717) is 11.5 Å². The summed E-state index contributed by atoms with van der Waals surface area (Å²) in [6, 6.07) is 0.693. The lowest BCUT2D eigenvalue weighted by molar-refractivity contribution is 0.164. The number of methoxy groups -OCH3 is 1. The van der Waals surface area contributed by atoms with Gasteiger partial charge >= 0.3 is 0 Å². The van der Waals surface area contributed by atoms with Crippen LogP contribution >= 0.6 is 0 Å². The molecule has 0 atom stereocenters. The Bertz CT molecular complexity index is 397. The molecular weight excluding hydrogens is 230 g/mol. The quantitative estimate of drug-likeness (QED) is 0.738. The highest BCUT2D eigenvalue weighted by Gasteiger charge is 2.43. The van der Waals surface area contributed by atoms with Crippen molar-refractivity contribution in [1.82, 2.24) is 25.5 Å². The van der Waals surface area contributed by atoms with Crippen molar-refractivity contribution in [1.29, 1.82) is 0 Å². The molecule has 1 aromatic rings. The minimum atomic E-state index is 0.389. The molecular formula is C12H21N5O. The topological polar surface area (TPSA) is 64.9 Å². The second-order valence-corrected chi connectivity index (χ2v) is 5.65. The molecule has 2 aliphatic carbocycles. The summed E-state index contributed by atoms with van der Waals surface area (Å²) in [7, 11) is 1.76. The summed E-state index contributed by atoms with van der Waals surface area (Å²) in [4.78, 5) is 0. The molecule has 3 rings (SSSR count). The number of aromatic nitrogens is 4. The SMILES string of the molecule is COCCC1(Cn2nnnc2CNC2CC2)CC1. The van der Waals surface area contributed by atoms with E-state index in [4.69, 9.17) is 4.74 Å². The highest BCUT2D eigenvalue weighted by atomic mass is 16.5. The van der Waals surface area contributed by atoms with Crippen molar-refractivity contribution in [3.63, 3.8) is 0 Å². The maximum absolute atomic E-state index is 5.18. The first-order valence-corrected chi connectivity index (χ1v) is 6.79. The fourth-order valence-electron chi connectivity index (χ4n) is 2.30. The highest BCUT2D eigenvalue weighted by molar-refractivity contribution is 4.95. The van der Waals surface area contributed by atoms with E-state index in [-0.39, 0.29) is 0 Å². The third kappa shape index (κ3) is 2.87. The van der Waals surface area contributed by atoms with Gasteiger partial charge in [0.15, 0.2) is 5.82 Å². The molecule has 2 saturated carbocycles. The molecule has 0 aliphatic heterocycles. The second-order valence-electron chi connectivity index (χ2n) is 5.65. The van der Waals surface area contributed by atoms with Gasteiger partial charge in [-0.05, 0) is 47.9 Å². The molecule has 1 heterocycles. The molecule has 2 fully saturated rings. The number of ether oxygens (including phenoxy) is 1. The lowest BCUT2D eigenvalue weighted by Crippen LogP contribution is -2.22. The van der Waals surface area contributed by atoms with Gasteiger partial charge in [0, 0.05) is 19.8 Å². The van der Waals surface area contributed by atoms with E-state index >= 15 is 0 Å². The summed E-state index contributed by atoms with van der Waals surface area (Å²) in [6.07, 6.45) is 6.23. The lowest BCUT2D eigenvalue weighted by atomic mass is 10.0. The van der Waals surface area contributed by atoms with Crippen LogP contribution in [-0.2, 0) is 17.8 Å². The molecule has 6 nitrogen and oxygen atoms in total. The van der Waals surface area contributed by atoms with Gasteiger partial charge < -0.3 is 10.1 Å². The summed E-state index contributed by atoms with van der Waals surface area (Å²) in [6.45, 7) is 2.56. The van der Waals surface area contributed by atoms with Gasteiger partial charge in [0.05, 0.1) is 13.1 Å². The third-order valence-electron chi connectivity index (χ3n) is 4.01. The number of nitrogens with zero attached hydrogens (tertiary/aromatic N) is 4. The summed E-state index contributed by atoms with van der Waals surface area (Å²) in [5.74, 6) is 0.964. The third-order valence-corrected chi connectivity index (χ3v) is 4.01.